The number of nitrogen functional groups attached to an aromatic ring is 1. The van der Waals surface area contributed by atoms with Gasteiger partial charge in [0.25, 0.3) is 0 Å². The van der Waals surface area contributed by atoms with Gasteiger partial charge in [0.05, 0.1) is 0 Å². The molecule has 1 aromatic carbocycles. The third-order valence-corrected chi connectivity index (χ3v) is 3.11. The predicted octanol–water partition coefficient (Wildman–Crippen LogP) is 2.39. The molecule has 1 atom stereocenters. The predicted molar refractivity (Wildman–Crippen MR) is 75.4 cm³/mol. The quantitative estimate of drug-likeness (QED) is 0.706. The standard InChI is InChI=1S/C12H19N3OS/c1-9(8-17-2)7-14-12(16)15-11-5-3-4-10(13)6-11/h3-6,9H,7-8,13H2,1-2H3,(H2,14,15,16). The summed E-state index contributed by atoms with van der Waals surface area (Å²) >= 11 is 1.78. The number of benzene rings is 1. The van der Waals surface area contributed by atoms with Crippen LogP contribution in [-0.2, 0) is 0 Å². The van der Waals surface area contributed by atoms with Crippen LogP contribution in [0.1, 0.15) is 6.92 Å². The van der Waals surface area contributed by atoms with Crippen molar-refractivity contribution in [2.75, 3.05) is 29.6 Å². The summed E-state index contributed by atoms with van der Waals surface area (Å²) in [6.07, 6.45) is 2.06. The Bertz CT molecular complexity index is 371. The zero-order valence-corrected chi connectivity index (χ0v) is 11.0. The SMILES string of the molecule is CSCC(C)CNC(=O)Nc1cccc(N)c1. The van der Waals surface area contributed by atoms with E-state index in [1.165, 1.54) is 0 Å². The van der Waals surface area contributed by atoms with Crippen molar-refractivity contribution in [1.82, 2.24) is 5.32 Å². The highest BCUT2D eigenvalue weighted by Gasteiger charge is 2.05. The van der Waals surface area contributed by atoms with Gasteiger partial charge < -0.3 is 16.4 Å². The normalized spacial score (nSPS) is 11.9. The number of amides is 2. The number of anilines is 2. The Balaban J connectivity index is 2.34. The highest BCUT2D eigenvalue weighted by Crippen LogP contribution is 2.11. The molecule has 0 bridgehead atoms. The lowest BCUT2D eigenvalue weighted by molar-refractivity contribution is 0.251. The molecule has 17 heavy (non-hydrogen) atoms. The number of nitrogens with two attached hydrogens (primary N) is 1. The topological polar surface area (TPSA) is 67.2 Å². The molecule has 5 heteroatoms. The van der Waals surface area contributed by atoms with Crippen molar-refractivity contribution in [2.24, 2.45) is 5.92 Å². The van der Waals surface area contributed by atoms with Crippen LogP contribution in [0.25, 0.3) is 0 Å². The number of carbonyl (C=O) groups is 1. The second-order valence-electron chi connectivity index (χ2n) is 4.02. The van der Waals surface area contributed by atoms with Gasteiger partial charge in [-0.1, -0.05) is 13.0 Å². The van der Waals surface area contributed by atoms with Gasteiger partial charge in [-0.05, 0) is 36.1 Å². The van der Waals surface area contributed by atoms with Crippen molar-refractivity contribution in [3.63, 3.8) is 0 Å². The van der Waals surface area contributed by atoms with Gasteiger partial charge in [-0.2, -0.15) is 11.8 Å². The van der Waals surface area contributed by atoms with Gasteiger partial charge >= 0.3 is 6.03 Å². The Hall–Kier alpha value is -1.36. The molecule has 0 heterocycles. The van der Waals surface area contributed by atoms with E-state index < -0.39 is 0 Å². The first-order valence-electron chi connectivity index (χ1n) is 5.51. The maximum absolute atomic E-state index is 11.6. The molecule has 4 nitrogen and oxygen atoms in total. The van der Waals surface area contributed by atoms with E-state index in [2.05, 4.69) is 23.8 Å². The zero-order chi connectivity index (χ0) is 12.7. The summed E-state index contributed by atoms with van der Waals surface area (Å²) in [6.45, 7) is 2.78. The minimum absolute atomic E-state index is 0.191. The molecule has 0 aliphatic rings. The summed E-state index contributed by atoms with van der Waals surface area (Å²) in [7, 11) is 0. The molecule has 2 amide bonds. The van der Waals surface area contributed by atoms with Crippen molar-refractivity contribution >= 4 is 29.2 Å². The number of rotatable bonds is 5. The fourth-order valence-corrected chi connectivity index (χ4v) is 2.09. The second-order valence-corrected chi connectivity index (χ2v) is 4.93. The van der Waals surface area contributed by atoms with E-state index in [-0.39, 0.29) is 6.03 Å². The minimum Gasteiger partial charge on any atom is -0.399 e. The first-order chi connectivity index (χ1) is 8.11. The Morgan fingerprint density at radius 2 is 2.29 bits per heavy atom. The van der Waals surface area contributed by atoms with Crippen LogP contribution in [0.3, 0.4) is 0 Å². The summed E-state index contributed by atoms with van der Waals surface area (Å²) in [5.41, 5.74) is 6.97. The van der Waals surface area contributed by atoms with E-state index in [0.29, 0.717) is 23.8 Å². The van der Waals surface area contributed by atoms with E-state index in [4.69, 9.17) is 5.73 Å². The minimum atomic E-state index is -0.191. The van der Waals surface area contributed by atoms with Crippen molar-refractivity contribution in [3.05, 3.63) is 24.3 Å². The molecule has 1 unspecified atom stereocenters. The molecule has 1 aromatic rings. The van der Waals surface area contributed by atoms with Gasteiger partial charge in [0.2, 0.25) is 0 Å². The second kappa shape index (κ2) is 7.06. The molecular weight excluding hydrogens is 234 g/mol. The molecule has 0 radical (unpaired) electrons. The number of urea groups is 1. The summed E-state index contributed by atoms with van der Waals surface area (Å²) in [4.78, 5) is 11.6. The van der Waals surface area contributed by atoms with Gasteiger partial charge in [-0.15, -0.1) is 0 Å². The van der Waals surface area contributed by atoms with E-state index in [1.807, 2.05) is 0 Å². The average molecular weight is 253 g/mol. The third kappa shape index (κ3) is 5.49. The summed E-state index contributed by atoms with van der Waals surface area (Å²) in [6, 6.07) is 6.93. The highest BCUT2D eigenvalue weighted by molar-refractivity contribution is 7.98. The van der Waals surface area contributed by atoms with Crippen molar-refractivity contribution in [1.29, 1.82) is 0 Å². The molecule has 4 N–H and O–H groups in total. The Morgan fingerprint density at radius 1 is 1.53 bits per heavy atom. The highest BCUT2D eigenvalue weighted by atomic mass is 32.2. The van der Waals surface area contributed by atoms with Gasteiger partial charge in [0, 0.05) is 17.9 Å². The Labute approximate surface area is 106 Å². The lowest BCUT2D eigenvalue weighted by atomic mass is 10.2. The zero-order valence-electron chi connectivity index (χ0n) is 10.2. The Kier molecular flexibility index (Phi) is 5.69. The number of thioether (sulfide) groups is 1. The molecule has 0 saturated heterocycles. The fraction of sp³-hybridized carbons (Fsp3) is 0.417. The number of hydrogen-bond acceptors (Lipinski definition) is 3. The van der Waals surface area contributed by atoms with Crippen LogP contribution in [0.4, 0.5) is 16.2 Å². The van der Waals surface area contributed by atoms with Gasteiger partial charge in [-0.25, -0.2) is 4.79 Å². The molecule has 0 spiro atoms. The van der Waals surface area contributed by atoms with Crippen LogP contribution < -0.4 is 16.4 Å². The largest absolute Gasteiger partial charge is 0.399 e. The van der Waals surface area contributed by atoms with Gasteiger partial charge in [0.1, 0.15) is 0 Å². The Morgan fingerprint density at radius 3 is 2.94 bits per heavy atom. The maximum atomic E-state index is 11.6. The number of carbonyl (C=O) groups excluding carboxylic acids is 1. The van der Waals surface area contributed by atoms with E-state index in [1.54, 1.807) is 36.0 Å². The molecule has 94 valence electrons. The molecule has 0 aliphatic heterocycles. The van der Waals surface area contributed by atoms with Crippen molar-refractivity contribution in [2.45, 2.75) is 6.92 Å². The lowest BCUT2D eigenvalue weighted by Crippen LogP contribution is -2.32. The van der Waals surface area contributed by atoms with E-state index in [9.17, 15) is 4.79 Å². The molecule has 0 fully saturated rings. The summed E-state index contributed by atoms with van der Waals surface area (Å²) in [5.74, 6) is 1.51. The van der Waals surface area contributed by atoms with Crippen LogP contribution in [0.15, 0.2) is 24.3 Å². The van der Waals surface area contributed by atoms with Crippen LogP contribution >= 0.6 is 11.8 Å². The van der Waals surface area contributed by atoms with Crippen LogP contribution in [0.2, 0.25) is 0 Å². The smallest absolute Gasteiger partial charge is 0.319 e. The average Bonchev–Trinajstić information content (AvgIpc) is 2.27. The van der Waals surface area contributed by atoms with Gasteiger partial charge in [0.15, 0.2) is 0 Å². The van der Waals surface area contributed by atoms with Crippen molar-refractivity contribution in [3.8, 4) is 0 Å². The fourth-order valence-electron chi connectivity index (χ4n) is 1.40. The van der Waals surface area contributed by atoms with Crippen molar-refractivity contribution < 1.29 is 4.79 Å². The maximum Gasteiger partial charge on any atom is 0.319 e. The summed E-state index contributed by atoms with van der Waals surface area (Å²) in [5, 5.41) is 5.57. The van der Waals surface area contributed by atoms with Crippen LogP contribution in [0.5, 0.6) is 0 Å². The monoisotopic (exact) mass is 253 g/mol. The lowest BCUT2D eigenvalue weighted by Gasteiger charge is -2.12. The number of hydrogen-bond donors (Lipinski definition) is 3. The van der Waals surface area contributed by atoms with E-state index in [0.717, 1.165) is 5.75 Å². The summed E-state index contributed by atoms with van der Waals surface area (Å²) < 4.78 is 0. The molecule has 1 rings (SSSR count). The molecule has 0 aromatic heterocycles. The van der Waals surface area contributed by atoms with Crippen LogP contribution in [0, 0.1) is 5.92 Å². The first-order valence-corrected chi connectivity index (χ1v) is 6.90. The first kappa shape index (κ1) is 13.7. The molecular formula is C12H19N3OS. The molecule has 0 saturated carbocycles. The molecule has 0 aliphatic carbocycles. The van der Waals surface area contributed by atoms with Gasteiger partial charge in [-0.3, -0.25) is 0 Å². The van der Waals surface area contributed by atoms with Crippen LogP contribution in [-0.4, -0.2) is 24.6 Å². The third-order valence-electron chi connectivity index (χ3n) is 2.21. The number of nitrogens with one attached hydrogen (secondary N) is 2. The van der Waals surface area contributed by atoms with E-state index >= 15 is 0 Å².